The molecule has 0 radical (unpaired) electrons. The Balaban J connectivity index is 1.27. The number of alkyl carbamates (subject to hydrolysis) is 1. The van der Waals surface area contributed by atoms with Crippen LogP contribution < -0.4 is 10.6 Å². The number of piperidine rings is 1. The first-order chi connectivity index (χ1) is 14.1. The van der Waals surface area contributed by atoms with E-state index in [1.807, 2.05) is 24.3 Å². The van der Waals surface area contributed by atoms with Crippen molar-refractivity contribution in [1.82, 2.24) is 10.2 Å². The Morgan fingerprint density at radius 3 is 2.55 bits per heavy atom. The standard InChI is InChI=1S/C23H27N3O3/c1-16-3-2-4-19(13-16)17-5-7-20(8-6-17)25-22(27)18-9-11-26(12-10-18)15-21-14-24-23(28)29-21/h2-8,13,18,21H,9-12,14-15H2,1H3,(H,24,28)(H,25,27). The molecule has 1 unspecified atom stereocenters. The van der Waals surface area contributed by atoms with Crippen LogP contribution in [0.3, 0.4) is 0 Å². The van der Waals surface area contributed by atoms with Crippen molar-refractivity contribution in [3.63, 3.8) is 0 Å². The molecule has 2 heterocycles. The van der Waals surface area contributed by atoms with E-state index in [0.29, 0.717) is 6.54 Å². The molecule has 2 aliphatic rings. The third-order valence-electron chi connectivity index (χ3n) is 5.67. The number of nitrogens with zero attached hydrogens (tertiary/aromatic N) is 1. The highest BCUT2D eigenvalue weighted by atomic mass is 16.6. The number of cyclic esters (lactones) is 1. The van der Waals surface area contributed by atoms with Crippen LogP contribution in [-0.2, 0) is 9.53 Å². The summed E-state index contributed by atoms with van der Waals surface area (Å²) >= 11 is 0. The lowest BCUT2D eigenvalue weighted by atomic mass is 9.95. The Kier molecular flexibility index (Phi) is 5.81. The van der Waals surface area contributed by atoms with Crippen LogP contribution >= 0.6 is 0 Å². The lowest BCUT2D eigenvalue weighted by molar-refractivity contribution is -0.121. The van der Waals surface area contributed by atoms with Crippen molar-refractivity contribution in [2.75, 3.05) is 31.5 Å². The van der Waals surface area contributed by atoms with Gasteiger partial charge in [0.25, 0.3) is 0 Å². The van der Waals surface area contributed by atoms with Crippen LogP contribution in [-0.4, -0.2) is 49.2 Å². The molecule has 0 aromatic heterocycles. The van der Waals surface area contributed by atoms with Gasteiger partial charge < -0.3 is 15.4 Å². The van der Waals surface area contributed by atoms with E-state index in [2.05, 4.69) is 46.7 Å². The van der Waals surface area contributed by atoms with Crippen molar-refractivity contribution in [1.29, 1.82) is 0 Å². The van der Waals surface area contributed by atoms with Crippen LogP contribution in [0.4, 0.5) is 10.5 Å². The molecule has 4 rings (SSSR count). The van der Waals surface area contributed by atoms with Crippen LogP contribution in [0.1, 0.15) is 18.4 Å². The number of nitrogens with one attached hydrogen (secondary N) is 2. The molecule has 2 amide bonds. The van der Waals surface area contributed by atoms with Gasteiger partial charge in [0.15, 0.2) is 0 Å². The molecule has 6 heteroatoms. The SMILES string of the molecule is Cc1cccc(-c2ccc(NC(=O)C3CCN(CC4CNC(=O)O4)CC3)cc2)c1. The third-order valence-corrected chi connectivity index (χ3v) is 5.67. The largest absolute Gasteiger partial charge is 0.443 e. The first-order valence-electron chi connectivity index (χ1n) is 10.2. The monoisotopic (exact) mass is 393 g/mol. The number of hydrogen-bond donors (Lipinski definition) is 2. The Morgan fingerprint density at radius 1 is 1.14 bits per heavy atom. The van der Waals surface area contributed by atoms with Crippen LogP contribution in [0.5, 0.6) is 0 Å². The topological polar surface area (TPSA) is 70.7 Å². The third kappa shape index (κ3) is 4.95. The normalized spacial score (nSPS) is 20.2. The second-order valence-electron chi connectivity index (χ2n) is 7.92. The molecule has 2 saturated heterocycles. The first kappa shape index (κ1) is 19.5. The summed E-state index contributed by atoms with van der Waals surface area (Å²) in [6, 6.07) is 16.4. The number of carbonyl (C=O) groups excluding carboxylic acids is 2. The molecule has 0 aliphatic carbocycles. The summed E-state index contributed by atoms with van der Waals surface area (Å²) in [5.41, 5.74) is 4.38. The molecule has 2 fully saturated rings. The van der Waals surface area contributed by atoms with Crippen LogP contribution in [0.15, 0.2) is 48.5 Å². The van der Waals surface area contributed by atoms with Crippen LogP contribution in [0.2, 0.25) is 0 Å². The average molecular weight is 393 g/mol. The van der Waals surface area contributed by atoms with E-state index in [4.69, 9.17) is 4.74 Å². The number of carbonyl (C=O) groups is 2. The molecule has 2 aromatic rings. The van der Waals surface area contributed by atoms with Gasteiger partial charge >= 0.3 is 6.09 Å². The molecule has 2 N–H and O–H groups in total. The first-order valence-corrected chi connectivity index (χ1v) is 10.2. The molecular formula is C23H27N3O3. The summed E-state index contributed by atoms with van der Waals surface area (Å²) in [4.78, 5) is 26.0. The highest BCUT2D eigenvalue weighted by Gasteiger charge is 2.29. The molecule has 0 bridgehead atoms. The maximum atomic E-state index is 12.7. The number of hydrogen-bond acceptors (Lipinski definition) is 4. The van der Waals surface area contributed by atoms with E-state index >= 15 is 0 Å². The van der Waals surface area contributed by atoms with Crippen molar-refractivity contribution < 1.29 is 14.3 Å². The summed E-state index contributed by atoms with van der Waals surface area (Å²) in [6.07, 6.45) is 1.22. The van der Waals surface area contributed by atoms with Gasteiger partial charge in [-0.1, -0.05) is 42.0 Å². The number of ether oxygens (including phenoxy) is 1. The molecule has 0 saturated carbocycles. The number of likely N-dealkylation sites (tertiary alicyclic amines) is 1. The molecular weight excluding hydrogens is 366 g/mol. The van der Waals surface area contributed by atoms with Gasteiger partial charge in [0.05, 0.1) is 6.54 Å². The van der Waals surface area contributed by atoms with Crippen molar-refractivity contribution in [2.24, 2.45) is 5.92 Å². The predicted molar refractivity (Wildman–Crippen MR) is 113 cm³/mol. The zero-order valence-corrected chi connectivity index (χ0v) is 16.7. The van der Waals surface area contributed by atoms with Gasteiger partial charge in [0.2, 0.25) is 5.91 Å². The summed E-state index contributed by atoms with van der Waals surface area (Å²) < 4.78 is 5.19. The second-order valence-corrected chi connectivity index (χ2v) is 7.92. The number of amides is 2. The summed E-state index contributed by atoms with van der Waals surface area (Å²) in [5, 5.41) is 5.74. The Hall–Kier alpha value is -2.86. The average Bonchev–Trinajstić information content (AvgIpc) is 3.13. The maximum absolute atomic E-state index is 12.7. The lowest BCUT2D eigenvalue weighted by Gasteiger charge is -2.32. The van der Waals surface area contributed by atoms with Crippen molar-refractivity contribution in [2.45, 2.75) is 25.9 Å². The van der Waals surface area contributed by atoms with Gasteiger partial charge in [-0.15, -0.1) is 0 Å². The van der Waals surface area contributed by atoms with Gasteiger partial charge in [-0.2, -0.15) is 0 Å². The minimum Gasteiger partial charge on any atom is -0.443 e. The Labute approximate surface area is 171 Å². The van der Waals surface area contributed by atoms with E-state index in [1.54, 1.807) is 0 Å². The Morgan fingerprint density at radius 2 is 1.90 bits per heavy atom. The van der Waals surface area contributed by atoms with E-state index in [9.17, 15) is 9.59 Å². The predicted octanol–water partition coefficient (Wildman–Crippen LogP) is 3.42. The molecule has 29 heavy (non-hydrogen) atoms. The molecule has 2 aromatic carbocycles. The van der Waals surface area contributed by atoms with Gasteiger partial charge in [-0.05, 0) is 56.1 Å². The fraction of sp³-hybridized carbons (Fsp3) is 0.391. The van der Waals surface area contributed by atoms with Crippen LogP contribution in [0, 0.1) is 12.8 Å². The fourth-order valence-corrected chi connectivity index (χ4v) is 4.01. The van der Waals surface area contributed by atoms with Gasteiger partial charge in [-0.25, -0.2) is 4.79 Å². The number of aryl methyl sites for hydroxylation is 1. The van der Waals surface area contributed by atoms with Gasteiger partial charge in [0.1, 0.15) is 6.10 Å². The molecule has 2 aliphatic heterocycles. The minimum absolute atomic E-state index is 0.0203. The number of rotatable bonds is 5. The highest BCUT2D eigenvalue weighted by Crippen LogP contribution is 2.24. The van der Waals surface area contributed by atoms with Gasteiger partial charge in [-0.3, -0.25) is 9.69 Å². The summed E-state index contributed by atoms with van der Waals surface area (Å²) in [6.45, 7) is 5.07. The Bertz CT molecular complexity index is 873. The van der Waals surface area contributed by atoms with Gasteiger partial charge in [0, 0.05) is 18.2 Å². The molecule has 6 nitrogen and oxygen atoms in total. The van der Waals surface area contributed by atoms with E-state index in [0.717, 1.165) is 43.7 Å². The summed E-state index contributed by atoms with van der Waals surface area (Å²) in [5.74, 6) is 0.105. The highest BCUT2D eigenvalue weighted by molar-refractivity contribution is 5.92. The fourth-order valence-electron chi connectivity index (χ4n) is 4.01. The lowest BCUT2D eigenvalue weighted by Crippen LogP contribution is -2.42. The quantitative estimate of drug-likeness (QED) is 0.817. The maximum Gasteiger partial charge on any atom is 0.407 e. The molecule has 1 atom stereocenters. The van der Waals surface area contributed by atoms with Crippen molar-refractivity contribution in [3.05, 3.63) is 54.1 Å². The number of anilines is 1. The summed E-state index contributed by atoms with van der Waals surface area (Å²) in [7, 11) is 0. The minimum atomic E-state index is -0.335. The zero-order valence-electron chi connectivity index (χ0n) is 16.7. The van der Waals surface area contributed by atoms with E-state index in [1.165, 1.54) is 11.1 Å². The van der Waals surface area contributed by atoms with Crippen LogP contribution in [0.25, 0.3) is 11.1 Å². The van der Waals surface area contributed by atoms with Crippen molar-refractivity contribution >= 4 is 17.7 Å². The number of benzene rings is 2. The molecule has 152 valence electrons. The second kappa shape index (κ2) is 8.66. The molecule has 0 spiro atoms. The smallest absolute Gasteiger partial charge is 0.407 e. The van der Waals surface area contributed by atoms with Crippen molar-refractivity contribution in [3.8, 4) is 11.1 Å². The van der Waals surface area contributed by atoms with E-state index in [-0.39, 0.29) is 24.0 Å². The van der Waals surface area contributed by atoms with E-state index < -0.39 is 0 Å². The zero-order chi connectivity index (χ0) is 20.2.